The summed E-state index contributed by atoms with van der Waals surface area (Å²) in [7, 11) is 0. The molecule has 4 amide bonds. The number of hydrogen-bond acceptors (Lipinski definition) is 5. The van der Waals surface area contributed by atoms with Gasteiger partial charge in [-0.2, -0.15) is 0 Å². The minimum absolute atomic E-state index is 0.00843. The van der Waals surface area contributed by atoms with E-state index in [1.165, 1.54) is 19.3 Å². The molecule has 3 heterocycles. The van der Waals surface area contributed by atoms with Crippen LogP contribution in [-0.2, 0) is 14.3 Å². The molecule has 3 aliphatic heterocycles. The van der Waals surface area contributed by atoms with E-state index < -0.39 is 5.54 Å². The molecule has 7 fully saturated rings. The number of urea groups is 1. The maximum Gasteiger partial charge on any atom is 0.317 e. The fourth-order valence-electron chi connectivity index (χ4n) is 9.05. The van der Waals surface area contributed by atoms with Crippen LogP contribution in [-0.4, -0.2) is 96.2 Å². The number of hydrogen-bond donors (Lipinski definition) is 1. The zero-order valence-corrected chi connectivity index (χ0v) is 22.9. The number of nitrogens with zero attached hydrogens (tertiary/aromatic N) is 4. The zero-order valence-electron chi connectivity index (χ0n) is 22.9. The Bertz CT molecular complexity index is 1080. The van der Waals surface area contributed by atoms with Gasteiger partial charge < -0.3 is 29.7 Å². The molecule has 1 spiro atoms. The lowest BCUT2D eigenvalue weighted by molar-refractivity contribution is -0.143. The molecular formula is C30H41N5O4. The highest BCUT2D eigenvalue weighted by atomic mass is 16.5. The molecule has 9 nitrogen and oxygen atoms in total. The van der Waals surface area contributed by atoms with E-state index in [9.17, 15) is 14.4 Å². The maximum atomic E-state index is 14.0. The summed E-state index contributed by atoms with van der Waals surface area (Å²) in [6.45, 7) is 3.78. The van der Waals surface area contributed by atoms with Gasteiger partial charge in [0.1, 0.15) is 12.1 Å². The van der Waals surface area contributed by atoms with Crippen molar-refractivity contribution in [3.8, 4) is 0 Å². The Balaban J connectivity index is 1.05. The average molecular weight is 536 g/mol. The highest BCUT2D eigenvalue weighted by molar-refractivity contribution is 5.96. The summed E-state index contributed by atoms with van der Waals surface area (Å²) < 4.78 is 5.39. The lowest BCUT2D eigenvalue weighted by Crippen LogP contribution is -2.64. The number of amides is 4. The molecule has 0 radical (unpaired) electrons. The van der Waals surface area contributed by atoms with Crippen LogP contribution in [0.1, 0.15) is 51.4 Å². The van der Waals surface area contributed by atoms with E-state index in [0.717, 1.165) is 42.7 Å². The standard InChI is InChI=1S/C30H41N5O4/c36-26(32-10-12-39-13-11-32)20-34-21-35(25-4-2-1-3-5-25)30(27(34)37)6-8-33(9-7-30)28(38)31-29-17-22-14-23(18-29)16-24(15-22)19-29/h1-5,22-24H,6-21H2,(H,31,38). The van der Waals surface area contributed by atoms with E-state index >= 15 is 0 Å². The van der Waals surface area contributed by atoms with Gasteiger partial charge >= 0.3 is 6.03 Å². The van der Waals surface area contributed by atoms with Crippen LogP contribution >= 0.6 is 0 Å². The van der Waals surface area contributed by atoms with Gasteiger partial charge in [0.15, 0.2) is 0 Å². The molecule has 4 aliphatic carbocycles. The van der Waals surface area contributed by atoms with Gasteiger partial charge in [0.25, 0.3) is 5.91 Å². The number of nitrogens with one attached hydrogen (secondary N) is 1. The summed E-state index contributed by atoms with van der Waals surface area (Å²) in [5.74, 6) is 2.33. The van der Waals surface area contributed by atoms with E-state index in [0.29, 0.717) is 58.9 Å². The minimum atomic E-state index is -0.732. The van der Waals surface area contributed by atoms with Crippen molar-refractivity contribution in [2.75, 3.05) is 57.5 Å². The van der Waals surface area contributed by atoms with Crippen LogP contribution in [0.2, 0.25) is 0 Å². The Hall–Kier alpha value is -2.81. The third-order valence-corrected chi connectivity index (χ3v) is 10.6. The van der Waals surface area contributed by atoms with Crippen LogP contribution in [0.5, 0.6) is 0 Å². The lowest BCUT2D eigenvalue weighted by atomic mass is 9.53. The normalized spacial score (nSPS) is 33.2. The van der Waals surface area contributed by atoms with Crippen LogP contribution in [0.25, 0.3) is 0 Å². The van der Waals surface area contributed by atoms with Crippen molar-refractivity contribution in [2.45, 2.75) is 62.4 Å². The van der Waals surface area contributed by atoms with Crippen molar-refractivity contribution in [3.63, 3.8) is 0 Å². The van der Waals surface area contributed by atoms with E-state index in [2.05, 4.69) is 10.2 Å². The fraction of sp³-hybridized carbons (Fsp3) is 0.700. The Morgan fingerprint density at radius 3 is 2.10 bits per heavy atom. The summed E-state index contributed by atoms with van der Waals surface area (Å²) >= 11 is 0. The van der Waals surface area contributed by atoms with E-state index in [-0.39, 0.29) is 29.9 Å². The molecule has 4 saturated carbocycles. The molecule has 4 bridgehead atoms. The van der Waals surface area contributed by atoms with Gasteiger partial charge in [0, 0.05) is 37.4 Å². The molecule has 9 heteroatoms. The van der Waals surface area contributed by atoms with E-state index in [1.807, 2.05) is 35.2 Å². The summed E-state index contributed by atoms with van der Waals surface area (Å²) in [6, 6.07) is 10.1. The maximum absolute atomic E-state index is 14.0. The van der Waals surface area contributed by atoms with Gasteiger partial charge in [0.2, 0.25) is 5.91 Å². The molecule has 39 heavy (non-hydrogen) atoms. The van der Waals surface area contributed by atoms with Gasteiger partial charge in [0.05, 0.1) is 19.9 Å². The van der Waals surface area contributed by atoms with Crippen molar-refractivity contribution >= 4 is 23.5 Å². The van der Waals surface area contributed by atoms with Crippen LogP contribution < -0.4 is 10.2 Å². The highest BCUT2D eigenvalue weighted by Crippen LogP contribution is 2.55. The number of piperidine rings is 1. The third-order valence-electron chi connectivity index (χ3n) is 10.6. The minimum Gasteiger partial charge on any atom is -0.378 e. The quantitative estimate of drug-likeness (QED) is 0.641. The molecular weight excluding hydrogens is 494 g/mol. The first-order valence-electron chi connectivity index (χ1n) is 15.0. The number of carbonyl (C=O) groups is 3. The van der Waals surface area contributed by atoms with Crippen LogP contribution in [0.4, 0.5) is 10.5 Å². The predicted octanol–water partition coefficient (Wildman–Crippen LogP) is 2.66. The lowest BCUT2D eigenvalue weighted by Gasteiger charge is -2.57. The second kappa shape index (κ2) is 9.68. The van der Waals surface area contributed by atoms with Gasteiger partial charge in [-0.25, -0.2) is 4.79 Å². The first-order chi connectivity index (χ1) is 18.9. The Kier molecular flexibility index (Phi) is 6.25. The first kappa shape index (κ1) is 25.2. The number of para-hydroxylation sites is 1. The SMILES string of the molecule is O=C(CN1CN(c2ccccc2)C2(CCN(C(=O)NC34CC5CC(CC(C5)C3)C4)CC2)C1=O)N1CCOCC1. The molecule has 0 aromatic heterocycles. The Labute approximate surface area is 230 Å². The van der Waals surface area contributed by atoms with Crippen molar-refractivity contribution in [3.05, 3.63) is 30.3 Å². The predicted molar refractivity (Wildman–Crippen MR) is 146 cm³/mol. The molecule has 3 saturated heterocycles. The summed E-state index contributed by atoms with van der Waals surface area (Å²) in [6.07, 6.45) is 8.59. The second-order valence-corrected chi connectivity index (χ2v) is 13.0. The van der Waals surface area contributed by atoms with E-state index in [4.69, 9.17) is 4.74 Å². The van der Waals surface area contributed by atoms with Crippen molar-refractivity contribution in [1.29, 1.82) is 0 Å². The fourth-order valence-corrected chi connectivity index (χ4v) is 9.05. The summed E-state index contributed by atoms with van der Waals surface area (Å²) in [5, 5.41) is 3.52. The number of likely N-dealkylation sites (tertiary alicyclic amines) is 1. The smallest absolute Gasteiger partial charge is 0.317 e. The molecule has 7 aliphatic rings. The number of anilines is 1. The Morgan fingerprint density at radius 1 is 0.872 bits per heavy atom. The van der Waals surface area contributed by atoms with Crippen LogP contribution in [0, 0.1) is 17.8 Å². The Morgan fingerprint density at radius 2 is 1.49 bits per heavy atom. The summed E-state index contributed by atoms with van der Waals surface area (Å²) in [5.41, 5.74) is 0.236. The highest BCUT2D eigenvalue weighted by Gasteiger charge is 2.56. The monoisotopic (exact) mass is 535 g/mol. The topological polar surface area (TPSA) is 85.4 Å². The number of morpholine rings is 1. The number of ether oxygens (including phenoxy) is 1. The van der Waals surface area contributed by atoms with Gasteiger partial charge in [-0.3, -0.25) is 9.59 Å². The average Bonchev–Trinajstić information content (AvgIpc) is 3.19. The molecule has 0 atom stereocenters. The van der Waals surface area contributed by atoms with Crippen LogP contribution in [0.3, 0.4) is 0 Å². The number of carbonyl (C=O) groups excluding carboxylic acids is 3. The van der Waals surface area contributed by atoms with Gasteiger partial charge in [-0.1, -0.05) is 18.2 Å². The summed E-state index contributed by atoms with van der Waals surface area (Å²) in [4.78, 5) is 48.3. The molecule has 1 aromatic carbocycles. The molecule has 1 N–H and O–H groups in total. The molecule has 210 valence electrons. The largest absolute Gasteiger partial charge is 0.378 e. The zero-order chi connectivity index (χ0) is 26.6. The number of rotatable bonds is 4. The van der Waals surface area contributed by atoms with Gasteiger partial charge in [-0.05, 0) is 81.3 Å². The van der Waals surface area contributed by atoms with E-state index in [1.54, 1.807) is 9.80 Å². The molecule has 8 rings (SSSR count). The van der Waals surface area contributed by atoms with Crippen molar-refractivity contribution < 1.29 is 19.1 Å². The van der Waals surface area contributed by atoms with Crippen molar-refractivity contribution in [1.82, 2.24) is 20.0 Å². The van der Waals surface area contributed by atoms with Crippen molar-refractivity contribution in [2.24, 2.45) is 17.8 Å². The first-order valence-corrected chi connectivity index (χ1v) is 15.0. The number of benzene rings is 1. The van der Waals surface area contributed by atoms with Crippen LogP contribution in [0.15, 0.2) is 30.3 Å². The second-order valence-electron chi connectivity index (χ2n) is 13.0. The molecule has 1 aromatic rings. The molecule has 0 unspecified atom stereocenters. The van der Waals surface area contributed by atoms with Gasteiger partial charge in [-0.15, -0.1) is 0 Å². The third kappa shape index (κ3) is 4.46.